The number of rotatable bonds is 8. The lowest BCUT2D eigenvalue weighted by Gasteiger charge is -2.25. The van der Waals surface area contributed by atoms with Crippen molar-refractivity contribution in [1.29, 1.82) is 0 Å². The summed E-state index contributed by atoms with van der Waals surface area (Å²) in [6.45, 7) is 7.98. The molecule has 2 aromatic rings. The summed E-state index contributed by atoms with van der Waals surface area (Å²) in [5.74, 6) is 0.760. The van der Waals surface area contributed by atoms with E-state index in [2.05, 4.69) is 58.1 Å². The fourth-order valence-electron chi connectivity index (χ4n) is 3.83. The lowest BCUT2D eigenvalue weighted by Crippen LogP contribution is -2.44. The van der Waals surface area contributed by atoms with Gasteiger partial charge in [0, 0.05) is 38.3 Å². The molecule has 6 nitrogen and oxygen atoms in total. The second-order valence-corrected chi connectivity index (χ2v) is 7.71. The van der Waals surface area contributed by atoms with Crippen LogP contribution in [0.3, 0.4) is 0 Å². The van der Waals surface area contributed by atoms with Crippen molar-refractivity contribution in [2.24, 2.45) is 4.99 Å². The molecule has 1 aliphatic heterocycles. The summed E-state index contributed by atoms with van der Waals surface area (Å²) < 4.78 is 0. The predicted octanol–water partition coefficient (Wildman–Crippen LogP) is 3.36. The Balaban J connectivity index is 1.56. The van der Waals surface area contributed by atoms with Gasteiger partial charge in [-0.3, -0.25) is 9.69 Å². The Morgan fingerprint density at radius 1 is 1.10 bits per heavy atom. The molecule has 0 saturated carbocycles. The van der Waals surface area contributed by atoms with Gasteiger partial charge in [0.15, 0.2) is 5.96 Å². The van der Waals surface area contributed by atoms with Crippen LogP contribution in [0, 0.1) is 0 Å². The van der Waals surface area contributed by atoms with Crippen LogP contribution in [-0.4, -0.2) is 42.4 Å². The number of nitrogens with zero attached hydrogens (tertiary/aromatic N) is 2. The zero-order valence-corrected chi connectivity index (χ0v) is 18.0. The van der Waals surface area contributed by atoms with Crippen molar-refractivity contribution in [2.45, 2.75) is 45.8 Å². The first-order chi connectivity index (χ1) is 14.6. The molecule has 0 radical (unpaired) electrons. The van der Waals surface area contributed by atoms with Crippen LogP contribution in [0.15, 0.2) is 59.6 Å². The standard InChI is InChI=1S/C24H33N5O/c1-3-25-24(26-16-21-11-7-12-22(15-21)28-19(2)30)27-17-23-13-8-14-29(23)18-20-9-5-4-6-10-20/h4-7,9-12,15,23H,3,8,13-14,16-18H2,1-2H3,(H,28,30)(H2,25,26,27). The summed E-state index contributed by atoms with van der Waals surface area (Å²) in [6, 6.07) is 19.0. The fraction of sp³-hybridized carbons (Fsp3) is 0.417. The second kappa shape index (κ2) is 11.4. The number of anilines is 1. The number of guanidine groups is 1. The molecule has 1 heterocycles. The highest BCUT2D eigenvalue weighted by atomic mass is 16.1. The van der Waals surface area contributed by atoms with E-state index in [9.17, 15) is 4.79 Å². The van der Waals surface area contributed by atoms with Gasteiger partial charge in [-0.25, -0.2) is 4.99 Å². The molecule has 2 aromatic carbocycles. The third kappa shape index (κ3) is 6.88. The Morgan fingerprint density at radius 2 is 1.90 bits per heavy atom. The van der Waals surface area contributed by atoms with Crippen LogP contribution in [0.2, 0.25) is 0 Å². The van der Waals surface area contributed by atoms with E-state index < -0.39 is 0 Å². The van der Waals surface area contributed by atoms with Gasteiger partial charge in [0.1, 0.15) is 0 Å². The smallest absolute Gasteiger partial charge is 0.221 e. The molecule has 1 atom stereocenters. The van der Waals surface area contributed by atoms with Crippen LogP contribution < -0.4 is 16.0 Å². The lowest BCUT2D eigenvalue weighted by molar-refractivity contribution is -0.114. The average molecular weight is 408 g/mol. The second-order valence-electron chi connectivity index (χ2n) is 7.71. The molecular formula is C24H33N5O. The zero-order valence-electron chi connectivity index (χ0n) is 18.0. The third-order valence-corrected chi connectivity index (χ3v) is 5.24. The van der Waals surface area contributed by atoms with E-state index >= 15 is 0 Å². The van der Waals surface area contributed by atoms with Gasteiger partial charge in [-0.05, 0) is 49.6 Å². The molecule has 6 heteroatoms. The molecule has 1 amide bonds. The summed E-state index contributed by atoms with van der Waals surface area (Å²) in [7, 11) is 0. The van der Waals surface area contributed by atoms with Crippen LogP contribution in [0.4, 0.5) is 5.69 Å². The molecule has 0 spiro atoms. The van der Waals surface area contributed by atoms with Crippen molar-refractivity contribution >= 4 is 17.6 Å². The SMILES string of the molecule is CCNC(=NCc1cccc(NC(C)=O)c1)NCC1CCCN1Cc1ccccc1. The minimum atomic E-state index is -0.0673. The van der Waals surface area contributed by atoms with E-state index in [0.717, 1.165) is 43.4 Å². The number of benzene rings is 2. The maximum atomic E-state index is 11.3. The number of likely N-dealkylation sites (tertiary alicyclic amines) is 1. The first-order valence-corrected chi connectivity index (χ1v) is 10.8. The fourth-order valence-corrected chi connectivity index (χ4v) is 3.83. The Bertz CT molecular complexity index is 836. The maximum absolute atomic E-state index is 11.3. The van der Waals surface area contributed by atoms with E-state index in [0.29, 0.717) is 12.6 Å². The topological polar surface area (TPSA) is 68.8 Å². The molecule has 1 saturated heterocycles. The van der Waals surface area contributed by atoms with E-state index in [4.69, 9.17) is 4.99 Å². The van der Waals surface area contributed by atoms with Gasteiger partial charge in [-0.15, -0.1) is 0 Å². The van der Waals surface area contributed by atoms with Gasteiger partial charge >= 0.3 is 0 Å². The van der Waals surface area contributed by atoms with Gasteiger partial charge in [0.2, 0.25) is 5.91 Å². The highest BCUT2D eigenvalue weighted by molar-refractivity contribution is 5.88. The Morgan fingerprint density at radius 3 is 2.67 bits per heavy atom. The predicted molar refractivity (Wildman–Crippen MR) is 123 cm³/mol. The van der Waals surface area contributed by atoms with E-state index in [1.54, 1.807) is 0 Å². The number of carbonyl (C=O) groups excluding carboxylic acids is 1. The number of hydrogen-bond donors (Lipinski definition) is 3. The highest BCUT2D eigenvalue weighted by Gasteiger charge is 2.24. The molecule has 3 rings (SSSR count). The molecule has 30 heavy (non-hydrogen) atoms. The summed E-state index contributed by atoms with van der Waals surface area (Å²) in [6.07, 6.45) is 2.45. The Labute approximate surface area is 179 Å². The maximum Gasteiger partial charge on any atom is 0.221 e. The minimum absolute atomic E-state index is 0.0673. The van der Waals surface area contributed by atoms with Crippen LogP contribution >= 0.6 is 0 Å². The molecule has 0 aromatic heterocycles. The Kier molecular flexibility index (Phi) is 8.27. The first-order valence-electron chi connectivity index (χ1n) is 10.8. The van der Waals surface area contributed by atoms with Gasteiger partial charge in [-0.1, -0.05) is 42.5 Å². The lowest BCUT2D eigenvalue weighted by atomic mass is 10.2. The van der Waals surface area contributed by atoms with Crippen molar-refractivity contribution in [1.82, 2.24) is 15.5 Å². The van der Waals surface area contributed by atoms with Crippen molar-refractivity contribution in [3.05, 3.63) is 65.7 Å². The largest absolute Gasteiger partial charge is 0.357 e. The molecule has 160 valence electrons. The third-order valence-electron chi connectivity index (χ3n) is 5.24. The van der Waals surface area contributed by atoms with Gasteiger partial charge < -0.3 is 16.0 Å². The number of nitrogens with one attached hydrogen (secondary N) is 3. The number of amides is 1. The summed E-state index contributed by atoms with van der Waals surface area (Å²) in [5, 5.41) is 9.68. The molecular weight excluding hydrogens is 374 g/mol. The van der Waals surface area contributed by atoms with Crippen molar-refractivity contribution in [3.63, 3.8) is 0 Å². The molecule has 0 bridgehead atoms. The summed E-state index contributed by atoms with van der Waals surface area (Å²) in [5.41, 5.74) is 3.23. The van der Waals surface area contributed by atoms with E-state index in [1.807, 2.05) is 24.3 Å². The van der Waals surface area contributed by atoms with Crippen molar-refractivity contribution in [3.8, 4) is 0 Å². The van der Waals surface area contributed by atoms with Crippen molar-refractivity contribution < 1.29 is 4.79 Å². The van der Waals surface area contributed by atoms with Crippen LogP contribution in [0.5, 0.6) is 0 Å². The molecule has 3 N–H and O–H groups in total. The minimum Gasteiger partial charge on any atom is -0.357 e. The quantitative estimate of drug-likeness (QED) is 0.464. The van der Waals surface area contributed by atoms with Crippen LogP contribution in [-0.2, 0) is 17.9 Å². The monoisotopic (exact) mass is 407 g/mol. The van der Waals surface area contributed by atoms with E-state index in [-0.39, 0.29) is 5.91 Å². The van der Waals surface area contributed by atoms with Gasteiger partial charge in [0.05, 0.1) is 6.54 Å². The van der Waals surface area contributed by atoms with Crippen LogP contribution in [0.25, 0.3) is 0 Å². The summed E-state index contributed by atoms with van der Waals surface area (Å²) in [4.78, 5) is 18.6. The zero-order chi connectivity index (χ0) is 21.2. The molecule has 1 aliphatic rings. The van der Waals surface area contributed by atoms with E-state index in [1.165, 1.54) is 25.3 Å². The number of aliphatic imine (C=N–C) groups is 1. The summed E-state index contributed by atoms with van der Waals surface area (Å²) >= 11 is 0. The average Bonchev–Trinajstić information content (AvgIpc) is 3.17. The first kappa shape index (κ1) is 21.8. The Hall–Kier alpha value is -2.86. The molecule has 1 fully saturated rings. The molecule has 0 aliphatic carbocycles. The number of hydrogen-bond acceptors (Lipinski definition) is 3. The van der Waals surface area contributed by atoms with Gasteiger partial charge in [-0.2, -0.15) is 0 Å². The van der Waals surface area contributed by atoms with Gasteiger partial charge in [0.25, 0.3) is 0 Å². The molecule has 1 unspecified atom stereocenters. The number of carbonyl (C=O) groups is 1. The normalized spacial score (nSPS) is 17.0. The van der Waals surface area contributed by atoms with Crippen LogP contribution in [0.1, 0.15) is 37.8 Å². The van der Waals surface area contributed by atoms with Crippen molar-refractivity contribution in [2.75, 3.05) is 25.0 Å². The highest BCUT2D eigenvalue weighted by Crippen LogP contribution is 2.19.